The molecule has 1 aliphatic heterocycles. The van der Waals surface area contributed by atoms with E-state index >= 15 is 0 Å². The third kappa shape index (κ3) is 1.94. The van der Waals surface area contributed by atoms with Crippen LogP contribution < -0.4 is 5.73 Å². The van der Waals surface area contributed by atoms with Crippen molar-refractivity contribution in [3.63, 3.8) is 0 Å². The Morgan fingerprint density at radius 2 is 2.50 bits per heavy atom. The summed E-state index contributed by atoms with van der Waals surface area (Å²) in [5.41, 5.74) is 5.28. The van der Waals surface area contributed by atoms with Crippen LogP contribution in [0.3, 0.4) is 0 Å². The van der Waals surface area contributed by atoms with Gasteiger partial charge in [0.1, 0.15) is 0 Å². The lowest BCUT2D eigenvalue weighted by Gasteiger charge is -2.15. The minimum Gasteiger partial charge on any atom is -0.390 e. The third-order valence-electron chi connectivity index (χ3n) is 1.86. The van der Waals surface area contributed by atoms with E-state index in [0.29, 0.717) is 13.0 Å². The molecule has 0 aromatic heterocycles. The summed E-state index contributed by atoms with van der Waals surface area (Å²) >= 11 is 0. The molecule has 0 saturated carbocycles. The van der Waals surface area contributed by atoms with Crippen LogP contribution in [0.2, 0.25) is 0 Å². The molecule has 0 bridgehead atoms. The molecule has 0 amide bonds. The summed E-state index contributed by atoms with van der Waals surface area (Å²) in [4.78, 5) is 0. The van der Waals surface area contributed by atoms with E-state index in [2.05, 4.69) is 0 Å². The number of hydrogen-bond donors (Lipinski definition) is 2. The first-order valence-corrected chi connectivity index (χ1v) is 3.84. The molecule has 0 spiro atoms. The maximum absolute atomic E-state index is 9.34. The molecule has 0 aliphatic carbocycles. The lowest BCUT2D eigenvalue weighted by atomic mass is 10.1. The van der Waals surface area contributed by atoms with E-state index in [1.54, 1.807) is 0 Å². The van der Waals surface area contributed by atoms with Crippen molar-refractivity contribution in [2.75, 3.05) is 13.2 Å². The minimum atomic E-state index is -0.340. The summed E-state index contributed by atoms with van der Waals surface area (Å²) in [5.74, 6) is 0. The van der Waals surface area contributed by atoms with Crippen LogP contribution in [-0.4, -0.2) is 30.5 Å². The van der Waals surface area contributed by atoms with Gasteiger partial charge >= 0.3 is 0 Å². The molecular weight excluding hydrogens is 130 g/mol. The molecule has 3 heteroatoms. The third-order valence-corrected chi connectivity index (χ3v) is 1.86. The Hall–Kier alpha value is -0.120. The smallest absolute Gasteiger partial charge is 0.0835 e. The summed E-state index contributed by atoms with van der Waals surface area (Å²) in [7, 11) is 0. The molecule has 3 N–H and O–H groups in total. The van der Waals surface area contributed by atoms with E-state index in [-0.39, 0.29) is 12.2 Å². The van der Waals surface area contributed by atoms with E-state index < -0.39 is 0 Å². The van der Waals surface area contributed by atoms with Crippen molar-refractivity contribution in [1.29, 1.82) is 0 Å². The van der Waals surface area contributed by atoms with Gasteiger partial charge in [0.2, 0.25) is 0 Å². The van der Waals surface area contributed by atoms with Gasteiger partial charge in [0, 0.05) is 6.61 Å². The van der Waals surface area contributed by atoms with Gasteiger partial charge in [-0.1, -0.05) is 0 Å². The molecular formula is C7H15NO2. The van der Waals surface area contributed by atoms with Crippen molar-refractivity contribution in [3.8, 4) is 0 Å². The summed E-state index contributed by atoms with van der Waals surface area (Å²) in [6.07, 6.45) is 2.44. The zero-order chi connectivity index (χ0) is 7.40. The predicted octanol–water partition coefficient (Wildman–Crippen LogP) is -0.125. The zero-order valence-corrected chi connectivity index (χ0v) is 6.12. The quantitative estimate of drug-likeness (QED) is 0.582. The van der Waals surface area contributed by atoms with Crippen molar-refractivity contribution in [1.82, 2.24) is 0 Å². The maximum Gasteiger partial charge on any atom is 0.0835 e. The van der Waals surface area contributed by atoms with Crippen LogP contribution in [0.25, 0.3) is 0 Å². The molecule has 10 heavy (non-hydrogen) atoms. The van der Waals surface area contributed by atoms with Crippen LogP contribution in [0.15, 0.2) is 0 Å². The van der Waals surface area contributed by atoms with Crippen LogP contribution in [0.1, 0.15) is 19.3 Å². The van der Waals surface area contributed by atoms with Crippen LogP contribution in [0.5, 0.6) is 0 Å². The molecule has 1 rings (SSSR count). The summed E-state index contributed by atoms with van der Waals surface area (Å²) < 4.78 is 5.26. The summed E-state index contributed by atoms with van der Waals surface area (Å²) in [5, 5.41) is 9.34. The summed E-state index contributed by atoms with van der Waals surface area (Å²) in [6, 6.07) is 0. The molecule has 1 fully saturated rings. The number of ether oxygens (including phenoxy) is 1. The van der Waals surface area contributed by atoms with Gasteiger partial charge in [-0.05, 0) is 25.8 Å². The Labute approximate surface area is 61.2 Å². The van der Waals surface area contributed by atoms with E-state index in [4.69, 9.17) is 10.5 Å². The topological polar surface area (TPSA) is 55.5 Å². The van der Waals surface area contributed by atoms with Gasteiger partial charge in [-0.15, -0.1) is 0 Å². The van der Waals surface area contributed by atoms with Gasteiger partial charge in [0.25, 0.3) is 0 Å². The van der Waals surface area contributed by atoms with Crippen molar-refractivity contribution < 1.29 is 9.84 Å². The van der Waals surface area contributed by atoms with Gasteiger partial charge in [0.15, 0.2) is 0 Å². The monoisotopic (exact) mass is 145 g/mol. The first kappa shape index (κ1) is 7.98. The standard InChI is InChI=1S/C7H15NO2/c8-4-3-6(9)7-2-1-5-10-7/h6-7,9H,1-5,8H2. The lowest BCUT2D eigenvalue weighted by molar-refractivity contribution is -0.00394. The fourth-order valence-electron chi connectivity index (χ4n) is 1.26. The maximum atomic E-state index is 9.34. The highest BCUT2D eigenvalue weighted by atomic mass is 16.5. The van der Waals surface area contributed by atoms with Crippen molar-refractivity contribution in [2.45, 2.75) is 31.5 Å². The number of nitrogens with two attached hydrogens (primary N) is 1. The predicted molar refractivity (Wildman–Crippen MR) is 38.7 cm³/mol. The normalized spacial score (nSPS) is 28.8. The van der Waals surface area contributed by atoms with Gasteiger partial charge in [-0.25, -0.2) is 0 Å². The molecule has 1 aliphatic rings. The van der Waals surface area contributed by atoms with Crippen LogP contribution in [-0.2, 0) is 4.74 Å². The van der Waals surface area contributed by atoms with E-state index in [9.17, 15) is 5.11 Å². The molecule has 2 unspecified atom stereocenters. The van der Waals surface area contributed by atoms with E-state index in [1.165, 1.54) is 0 Å². The number of aliphatic hydroxyl groups excluding tert-OH is 1. The van der Waals surface area contributed by atoms with E-state index in [0.717, 1.165) is 19.4 Å². The zero-order valence-electron chi connectivity index (χ0n) is 6.12. The van der Waals surface area contributed by atoms with Crippen molar-refractivity contribution in [2.24, 2.45) is 5.73 Å². The fourth-order valence-corrected chi connectivity index (χ4v) is 1.26. The summed E-state index contributed by atoms with van der Waals surface area (Å²) in [6.45, 7) is 1.34. The SMILES string of the molecule is NCCC(O)C1CCCO1. The van der Waals surface area contributed by atoms with Crippen molar-refractivity contribution in [3.05, 3.63) is 0 Å². The Balaban J connectivity index is 2.18. The Morgan fingerprint density at radius 1 is 1.70 bits per heavy atom. The minimum absolute atomic E-state index is 0.0588. The molecule has 0 aromatic rings. The molecule has 60 valence electrons. The lowest BCUT2D eigenvalue weighted by Crippen LogP contribution is -2.27. The second-order valence-electron chi connectivity index (χ2n) is 2.70. The average Bonchev–Trinajstić information content (AvgIpc) is 2.38. The second-order valence-corrected chi connectivity index (χ2v) is 2.70. The van der Waals surface area contributed by atoms with Gasteiger partial charge < -0.3 is 15.6 Å². The van der Waals surface area contributed by atoms with Gasteiger partial charge in [-0.3, -0.25) is 0 Å². The van der Waals surface area contributed by atoms with Gasteiger partial charge in [-0.2, -0.15) is 0 Å². The molecule has 2 atom stereocenters. The molecule has 1 heterocycles. The largest absolute Gasteiger partial charge is 0.390 e. The highest BCUT2D eigenvalue weighted by Gasteiger charge is 2.22. The molecule has 3 nitrogen and oxygen atoms in total. The molecule has 0 aromatic carbocycles. The first-order valence-electron chi connectivity index (χ1n) is 3.84. The highest BCUT2D eigenvalue weighted by molar-refractivity contribution is 4.73. The second kappa shape index (κ2) is 3.91. The van der Waals surface area contributed by atoms with E-state index in [1.807, 2.05) is 0 Å². The van der Waals surface area contributed by atoms with Gasteiger partial charge in [0.05, 0.1) is 12.2 Å². The van der Waals surface area contributed by atoms with Crippen LogP contribution >= 0.6 is 0 Å². The fraction of sp³-hybridized carbons (Fsp3) is 1.00. The Morgan fingerprint density at radius 3 is 3.00 bits per heavy atom. The highest BCUT2D eigenvalue weighted by Crippen LogP contribution is 2.16. The molecule has 0 radical (unpaired) electrons. The van der Waals surface area contributed by atoms with Crippen LogP contribution in [0, 0.1) is 0 Å². The van der Waals surface area contributed by atoms with Crippen molar-refractivity contribution >= 4 is 0 Å². The molecule has 1 saturated heterocycles. The Bertz CT molecular complexity index is 91.6. The average molecular weight is 145 g/mol. The Kier molecular flexibility index (Phi) is 3.12. The first-order chi connectivity index (χ1) is 4.84. The number of hydrogen-bond acceptors (Lipinski definition) is 3. The van der Waals surface area contributed by atoms with Crippen LogP contribution in [0.4, 0.5) is 0 Å². The number of aliphatic hydroxyl groups is 1. The number of rotatable bonds is 3.